The summed E-state index contributed by atoms with van der Waals surface area (Å²) in [5.41, 5.74) is 3.39. The molecule has 0 spiro atoms. The van der Waals surface area contributed by atoms with Gasteiger partial charge in [0, 0.05) is 46.5 Å². The number of likely N-dealkylation sites (tertiary alicyclic amines) is 1. The fraction of sp³-hybridized carbons (Fsp3) is 0.200. The maximum atomic E-state index is 13.2. The van der Waals surface area contributed by atoms with E-state index in [1.165, 1.54) is 0 Å². The second kappa shape index (κ2) is 8.88. The summed E-state index contributed by atoms with van der Waals surface area (Å²) in [4.78, 5) is 30.2. The zero-order valence-corrected chi connectivity index (χ0v) is 18.5. The Bertz CT molecular complexity index is 1230. The quantitative estimate of drug-likeness (QED) is 0.435. The number of rotatable bonds is 5. The van der Waals surface area contributed by atoms with E-state index in [-0.39, 0.29) is 11.9 Å². The van der Waals surface area contributed by atoms with Crippen LogP contribution in [0.15, 0.2) is 72.4 Å². The van der Waals surface area contributed by atoms with E-state index >= 15 is 0 Å². The number of carbonyl (C=O) groups excluding carboxylic acids is 1. The minimum absolute atomic E-state index is 0.0461. The zero-order chi connectivity index (χ0) is 21.9. The Morgan fingerprint density at radius 1 is 1.12 bits per heavy atom. The van der Waals surface area contributed by atoms with E-state index in [1.54, 1.807) is 23.7 Å². The van der Waals surface area contributed by atoms with Gasteiger partial charge in [0.2, 0.25) is 0 Å². The van der Waals surface area contributed by atoms with E-state index in [9.17, 15) is 4.79 Å². The molecule has 0 aliphatic carbocycles. The van der Waals surface area contributed by atoms with Gasteiger partial charge in [-0.3, -0.25) is 9.78 Å². The number of nitrogens with one attached hydrogen (secondary N) is 1. The summed E-state index contributed by atoms with van der Waals surface area (Å²) in [6, 6.07) is 17.5. The number of pyridine rings is 1. The summed E-state index contributed by atoms with van der Waals surface area (Å²) in [7, 11) is 0. The van der Waals surface area contributed by atoms with Crippen LogP contribution in [0.5, 0.6) is 0 Å². The highest BCUT2D eigenvalue weighted by Crippen LogP contribution is 2.34. The van der Waals surface area contributed by atoms with Crippen LogP contribution in [-0.4, -0.2) is 32.3 Å². The van der Waals surface area contributed by atoms with Crippen LogP contribution in [0.3, 0.4) is 0 Å². The lowest BCUT2D eigenvalue weighted by Crippen LogP contribution is -2.31. The molecule has 0 unspecified atom stereocenters. The maximum Gasteiger partial charge on any atom is 0.255 e. The topological polar surface area (TPSA) is 71.0 Å². The number of nitrogens with zero attached hydrogens (tertiary/aromatic N) is 4. The summed E-state index contributed by atoms with van der Waals surface area (Å²) >= 11 is 1.60. The van der Waals surface area contributed by atoms with Gasteiger partial charge in [-0.15, -0.1) is 11.3 Å². The molecule has 0 bridgehead atoms. The number of amides is 1. The largest absolute Gasteiger partial charge is 0.340 e. The number of aryl methyl sites for hydroxylation is 1. The van der Waals surface area contributed by atoms with Crippen LogP contribution in [0.2, 0.25) is 0 Å². The average Bonchev–Trinajstić information content (AvgIpc) is 3.49. The number of benzene rings is 1. The minimum Gasteiger partial charge on any atom is -0.340 e. The summed E-state index contributed by atoms with van der Waals surface area (Å²) in [5, 5.41) is 5.32. The van der Waals surface area contributed by atoms with Gasteiger partial charge in [-0.05, 0) is 50.1 Å². The standard InChI is InChI=1S/C25H23N5OS/c1-17-13-19(16-32-17)25(31)30-12-6-10-22(30)24-28-21(18-7-5-11-26-15-18)14-23(29-24)27-20-8-3-2-4-9-20/h2-5,7-9,11,13-16,22H,6,10,12H2,1H3,(H,27,28,29)/t22-/m1/s1. The number of hydrogen-bond acceptors (Lipinski definition) is 6. The molecule has 0 saturated carbocycles. The van der Waals surface area contributed by atoms with Gasteiger partial charge in [-0.25, -0.2) is 9.97 Å². The molecule has 5 rings (SSSR count). The second-order valence-electron chi connectivity index (χ2n) is 7.83. The van der Waals surface area contributed by atoms with Crippen molar-refractivity contribution in [3.05, 3.63) is 88.6 Å². The Morgan fingerprint density at radius 3 is 2.75 bits per heavy atom. The van der Waals surface area contributed by atoms with E-state index in [2.05, 4.69) is 10.3 Å². The van der Waals surface area contributed by atoms with E-state index < -0.39 is 0 Å². The van der Waals surface area contributed by atoms with Crippen molar-refractivity contribution in [3.63, 3.8) is 0 Å². The molecule has 7 heteroatoms. The van der Waals surface area contributed by atoms with Gasteiger partial charge in [0.1, 0.15) is 5.82 Å². The van der Waals surface area contributed by atoms with Gasteiger partial charge in [-0.2, -0.15) is 0 Å². The molecule has 4 aromatic rings. The minimum atomic E-state index is -0.157. The van der Waals surface area contributed by atoms with Gasteiger partial charge < -0.3 is 10.2 Å². The highest BCUT2D eigenvalue weighted by molar-refractivity contribution is 7.10. The van der Waals surface area contributed by atoms with Crippen LogP contribution in [0.25, 0.3) is 11.3 Å². The molecule has 1 amide bonds. The second-order valence-corrected chi connectivity index (χ2v) is 8.95. The van der Waals surface area contributed by atoms with Crippen LogP contribution < -0.4 is 5.32 Å². The number of carbonyl (C=O) groups is 1. The molecule has 1 atom stereocenters. The van der Waals surface area contributed by atoms with Crippen molar-refractivity contribution in [2.24, 2.45) is 0 Å². The molecule has 3 aromatic heterocycles. The van der Waals surface area contributed by atoms with Crippen molar-refractivity contribution in [1.82, 2.24) is 19.9 Å². The number of hydrogen-bond donors (Lipinski definition) is 1. The summed E-state index contributed by atoms with van der Waals surface area (Å²) in [6.45, 7) is 2.73. The van der Waals surface area contributed by atoms with Crippen LogP contribution in [0, 0.1) is 6.92 Å². The van der Waals surface area contributed by atoms with Crippen molar-refractivity contribution in [2.45, 2.75) is 25.8 Å². The predicted molar refractivity (Wildman–Crippen MR) is 127 cm³/mol. The van der Waals surface area contributed by atoms with E-state index in [0.29, 0.717) is 18.2 Å². The molecule has 1 aliphatic rings. The first-order valence-electron chi connectivity index (χ1n) is 10.6. The van der Waals surface area contributed by atoms with Crippen LogP contribution in [0.1, 0.15) is 39.9 Å². The summed E-state index contributed by atoms with van der Waals surface area (Å²) < 4.78 is 0. The number of thiophene rings is 1. The van der Waals surface area contributed by atoms with Gasteiger partial charge in [0.15, 0.2) is 5.82 Å². The third-order valence-corrected chi connectivity index (χ3v) is 6.40. The molecule has 0 radical (unpaired) electrons. The highest BCUT2D eigenvalue weighted by Gasteiger charge is 2.33. The molecular formula is C25H23N5OS. The van der Waals surface area contributed by atoms with Crippen molar-refractivity contribution in [2.75, 3.05) is 11.9 Å². The predicted octanol–water partition coefficient (Wildman–Crippen LogP) is 5.63. The number of para-hydroxylation sites is 1. The lowest BCUT2D eigenvalue weighted by atomic mass is 10.1. The van der Waals surface area contributed by atoms with Gasteiger partial charge in [0.25, 0.3) is 5.91 Å². The fourth-order valence-electron chi connectivity index (χ4n) is 4.01. The average molecular weight is 442 g/mol. The molecule has 160 valence electrons. The monoisotopic (exact) mass is 441 g/mol. The highest BCUT2D eigenvalue weighted by atomic mass is 32.1. The first-order chi connectivity index (χ1) is 15.7. The molecule has 1 saturated heterocycles. The number of anilines is 2. The third kappa shape index (κ3) is 4.24. The van der Waals surface area contributed by atoms with E-state index in [1.807, 2.05) is 71.8 Å². The smallest absolute Gasteiger partial charge is 0.255 e. The van der Waals surface area contributed by atoms with Crippen LogP contribution in [0.4, 0.5) is 11.5 Å². The van der Waals surface area contributed by atoms with Crippen molar-refractivity contribution >= 4 is 28.7 Å². The third-order valence-electron chi connectivity index (χ3n) is 5.54. The Kier molecular flexibility index (Phi) is 5.64. The molecule has 1 N–H and O–H groups in total. The molecule has 4 heterocycles. The lowest BCUT2D eigenvalue weighted by Gasteiger charge is -2.24. The molecule has 6 nitrogen and oxygen atoms in total. The van der Waals surface area contributed by atoms with Crippen molar-refractivity contribution < 1.29 is 4.79 Å². The first kappa shape index (κ1) is 20.3. The van der Waals surface area contributed by atoms with Crippen molar-refractivity contribution in [3.8, 4) is 11.3 Å². The normalized spacial score (nSPS) is 15.7. The Hall–Kier alpha value is -3.58. The van der Waals surface area contributed by atoms with Gasteiger partial charge in [-0.1, -0.05) is 18.2 Å². The van der Waals surface area contributed by atoms with Crippen LogP contribution in [-0.2, 0) is 0 Å². The SMILES string of the molecule is Cc1cc(C(=O)N2CCC[C@@H]2c2nc(Nc3ccccc3)cc(-c3cccnc3)n2)cs1. The molecule has 1 fully saturated rings. The van der Waals surface area contributed by atoms with Crippen LogP contribution >= 0.6 is 11.3 Å². The summed E-state index contributed by atoms with van der Waals surface area (Å²) in [6.07, 6.45) is 5.32. The van der Waals surface area contributed by atoms with E-state index in [4.69, 9.17) is 9.97 Å². The van der Waals surface area contributed by atoms with Gasteiger partial charge >= 0.3 is 0 Å². The first-order valence-corrected chi connectivity index (χ1v) is 11.5. The number of aromatic nitrogens is 3. The molecule has 1 aromatic carbocycles. The van der Waals surface area contributed by atoms with Gasteiger partial charge in [0.05, 0.1) is 17.3 Å². The Morgan fingerprint density at radius 2 is 2.00 bits per heavy atom. The zero-order valence-electron chi connectivity index (χ0n) is 17.7. The Labute approximate surface area is 191 Å². The lowest BCUT2D eigenvalue weighted by molar-refractivity contribution is 0.0730. The molecular weight excluding hydrogens is 418 g/mol. The summed E-state index contributed by atoms with van der Waals surface area (Å²) in [5.74, 6) is 1.40. The molecule has 1 aliphatic heterocycles. The molecule has 32 heavy (non-hydrogen) atoms. The maximum absolute atomic E-state index is 13.2. The Balaban J connectivity index is 1.53. The van der Waals surface area contributed by atoms with E-state index in [0.717, 1.165) is 40.2 Å². The van der Waals surface area contributed by atoms with Crippen molar-refractivity contribution in [1.29, 1.82) is 0 Å². The fourth-order valence-corrected chi connectivity index (χ4v) is 4.69.